The Hall–Kier alpha value is -3.68. The van der Waals surface area contributed by atoms with E-state index in [2.05, 4.69) is 20.2 Å². The molecule has 0 aliphatic carbocycles. The molecule has 148 valence electrons. The van der Waals surface area contributed by atoms with E-state index in [1.54, 1.807) is 12.3 Å². The van der Waals surface area contributed by atoms with Gasteiger partial charge in [0.1, 0.15) is 22.9 Å². The van der Waals surface area contributed by atoms with E-state index in [1.807, 2.05) is 44.2 Å². The van der Waals surface area contributed by atoms with Crippen molar-refractivity contribution in [1.29, 1.82) is 0 Å². The summed E-state index contributed by atoms with van der Waals surface area (Å²) in [6.07, 6.45) is 2.43. The van der Waals surface area contributed by atoms with Crippen molar-refractivity contribution < 1.29 is 13.9 Å². The molecule has 3 heterocycles. The molecule has 0 bridgehead atoms. The molecule has 0 unspecified atom stereocenters. The zero-order valence-corrected chi connectivity index (χ0v) is 16.2. The Morgan fingerprint density at radius 1 is 1.24 bits per heavy atom. The van der Waals surface area contributed by atoms with E-state index in [-0.39, 0.29) is 18.4 Å². The van der Waals surface area contributed by atoms with Gasteiger partial charge in [-0.2, -0.15) is 5.10 Å². The molecule has 29 heavy (non-hydrogen) atoms. The Morgan fingerprint density at radius 2 is 2.10 bits per heavy atom. The third kappa shape index (κ3) is 4.11. The minimum absolute atomic E-state index is 0.0742. The summed E-state index contributed by atoms with van der Waals surface area (Å²) in [6.45, 7) is 3.96. The summed E-state index contributed by atoms with van der Waals surface area (Å²) in [7, 11) is 0. The lowest BCUT2D eigenvalue weighted by atomic mass is 10.2. The van der Waals surface area contributed by atoms with Crippen LogP contribution in [0, 0.1) is 0 Å². The standard InChI is InChI=1S/C21H21N5O3/c1-12(2)28-14-3-6-16-15(11-14)20(26-25-16)21-23-10-9-17(24-21)18-7-4-13(29-18)5-8-19(22)27/h3-4,6-7,9-12H,5,8H2,1-2H3,(H2,22,27)(H,25,26). The van der Waals surface area contributed by atoms with Crippen LogP contribution in [0.2, 0.25) is 0 Å². The number of carbonyl (C=O) groups is 1. The van der Waals surface area contributed by atoms with Gasteiger partial charge in [-0.05, 0) is 50.2 Å². The van der Waals surface area contributed by atoms with Gasteiger partial charge < -0.3 is 14.9 Å². The van der Waals surface area contributed by atoms with E-state index in [1.165, 1.54) is 0 Å². The highest BCUT2D eigenvalue weighted by Gasteiger charge is 2.15. The molecule has 3 N–H and O–H groups in total. The van der Waals surface area contributed by atoms with Gasteiger partial charge in [0.05, 0.1) is 11.6 Å². The Balaban J connectivity index is 1.66. The SMILES string of the molecule is CC(C)Oc1ccc2[nH]nc(-c3nccc(-c4ccc(CCC(N)=O)o4)n3)c2c1. The van der Waals surface area contributed by atoms with Crippen LogP contribution in [0.25, 0.3) is 33.9 Å². The normalized spacial score (nSPS) is 11.3. The molecule has 0 atom stereocenters. The largest absolute Gasteiger partial charge is 0.491 e. The van der Waals surface area contributed by atoms with Gasteiger partial charge in [0, 0.05) is 24.4 Å². The van der Waals surface area contributed by atoms with Gasteiger partial charge in [-0.15, -0.1) is 0 Å². The lowest BCUT2D eigenvalue weighted by molar-refractivity contribution is -0.118. The van der Waals surface area contributed by atoms with Crippen molar-refractivity contribution in [2.45, 2.75) is 32.8 Å². The van der Waals surface area contributed by atoms with Gasteiger partial charge in [-0.25, -0.2) is 9.97 Å². The van der Waals surface area contributed by atoms with Crippen molar-refractivity contribution in [3.63, 3.8) is 0 Å². The van der Waals surface area contributed by atoms with E-state index in [0.717, 1.165) is 16.7 Å². The minimum atomic E-state index is -0.363. The average Bonchev–Trinajstić information content (AvgIpc) is 3.33. The first kappa shape index (κ1) is 18.7. The van der Waals surface area contributed by atoms with Gasteiger partial charge in [0.15, 0.2) is 11.6 Å². The number of aromatic nitrogens is 4. The summed E-state index contributed by atoms with van der Waals surface area (Å²) in [5.41, 5.74) is 7.33. The minimum Gasteiger partial charge on any atom is -0.491 e. The van der Waals surface area contributed by atoms with Crippen LogP contribution in [0.15, 0.2) is 47.0 Å². The van der Waals surface area contributed by atoms with Gasteiger partial charge in [-0.1, -0.05) is 0 Å². The first-order valence-corrected chi connectivity index (χ1v) is 9.35. The molecule has 0 spiro atoms. The summed E-state index contributed by atoms with van der Waals surface area (Å²) in [6, 6.07) is 11.2. The number of primary amides is 1. The van der Waals surface area contributed by atoms with Crippen LogP contribution >= 0.6 is 0 Å². The number of hydrogen-bond donors (Lipinski definition) is 2. The summed E-state index contributed by atoms with van der Waals surface area (Å²) in [4.78, 5) is 19.9. The summed E-state index contributed by atoms with van der Waals surface area (Å²) >= 11 is 0. The van der Waals surface area contributed by atoms with Gasteiger partial charge in [-0.3, -0.25) is 9.89 Å². The third-order valence-corrected chi connectivity index (χ3v) is 4.31. The van der Waals surface area contributed by atoms with Crippen LogP contribution in [0.3, 0.4) is 0 Å². The fourth-order valence-electron chi connectivity index (χ4n) is 3.02. The molecule has 0 aliphatic rings. The molecule has 8 heteroatoms. The Kier molecular flexibility index (Phi) is 4.99. The van der Waals surface area contributed by atoms with Crippen molar-refractivity contribution in [1.82, 2.24) is 20.2 Å². The maximum atomic E-state index is 11.0. The number of nitrogens with one attached hydrogen (secondary N) is 1. The second-order valence-electron chi connectivity index (χ2n) is 6.94. The number of furan rings is 1. The van der Waals surface area contributed by atoms with E-state index in [0.29, 0.717) is 35.2 Å². The zero-order chi connectivity index (χ0) is 20.4. The molecule has 0 saturated carbocycles. The number of aryl methyl sites for hydroxylation is 1. The number of H-pyrrole nitrogens is 1. The van der Waals surface area contributed by atoms with Crippen molar-refractivity contribution in [3.05, 3.63) is 48.4 Å². The Morgan fingerprint density at radius 3 is 2.90 bits per heavy atom. The molecule has 0 fully saturated rings. The Bertz CT molecular complexity index is 1160. The van der Waals surface area contributed by atoms with Crippen molar-refractivity contribution >= 4 is 16.8 Å². The highest BCUT2D eigenvalue weighted by atomic mass is 16.5. The number of fused-ring (bicyclic) bond motifs is 1. The van der Waals surface area contributed by atoms with E-state index < -0.39 is 0 Å². The number of carbonyl (C=O) groups excluding carboxylic acids is 1. The summed E-state index contributed by atoms with van der Waals surface area (Å²) < 4.78 is 11.6. The van der Waals surface area contributed by atoms with E-state index >= 15 is 0 Å². The van der Waals surface area contributed by atoms with Crippen LogP contribution in [0.5, 0.6) is 5.75 Å². The lowest BCUT2D eigenvalue weighted by Gasteiger charge is -2.09. The van der Waals surface area contributed by atoms with Crippen LogP contribution in [-0.4, -0.2) is 32.2 Å². The zero-order valence-electron chi connectivity index (χ0n) is 16.2. The molecule has 8 nitrogen and oxygen atoms in total. The predicted molar refractivity (Wildman–Crippen MR) is 108 cm³/mol. The number of ether oxygens (including phenoxy) is 1. The number of aromatic amines is 1. The summed E-state index contributed by atoms with van der Waals surface area (Å²) in [5.74, 6) is 2.15. The Labute approximate surface area is 167 Å². The fourth-order valence-corrected chi connectivity index (χ4v) is 3.02. The van der Waals surface area contributed by atoms with E-state index in [9.17, 15) is 4.79 Å². The van der Waals surface area contributed by atoms with Crippen LogP contribution in [0.4, 0.5) is 0 Å². The molecular formula is C21H21N5O3. The molecule has 0 radical (unpaired) electrons. The van der Waals surface area contributed by atoms with Crippen molar-refractivity contribution in [3.8, 4) is 28.7 Å². The topological polar surface area (TPSA) is 120 Å². The van der Waals surface area contributed by atoms with E-state index in [4.69, 9.17) is 14.9 Å². The predicted octanol–water partition coefficient (Wildman–Crippen LogP) is 3.49. The quantitative estimate of drug-likeness (QED) is 0.498. The number of nitrogens with two attached hydrogens (primary N) is 1. The van der Waals surface area contributed by atoms with Crippen LogP contribution < -0.4 is 10.5 Å². The molecule has 1 aromatic carbocycles. The number of amides is 1. The molecule has 3 aromatic heterocycles. The highest BCUT2D eigenvalue weighted by molar-refractivity contribution is 5.92. The maximum absolute atomic E-state index is 11.0. The maximum Gasteiger partial charge on any atom is 0.217 e. The second kappa shape index (κ2) is 7.75. The highest BCUT2D eigenvalue weighted by Crippen LogP contribution is 2.29. The average molecular weight is 391 g/mol. The second-order valence-corrected chi connectivity index (χ2v) is 6.94. The summed E-state index contributed by atoms with van der Waals surface area (Å²) in [5, 5.41) is 8.27. The van der Waals surface area contributed by atoms with Crippen molar-refractivity contribution in [2.75, 3.05) is 0 Å². The first-order valence-electron chi connectivity index (χ1n) is 9.35. The molecule has 1 amide bonds. The third-order valence-electron chi connectivity index (χ3n) is 4.31. The molecular weight excluding hydrogens is 370 g/mol. The number of benzene rings is 1. The number of hydrogen-bond acceptors (Lipinski definition) is 6. The molecule has 0 saturated heterocycles. The smallest absolute Gasteiger partial charge is 0.217 e. The molecule has 0 aliphatic heterocycles. The number of nitrogens with zero attached hydrogens (tertiary/aromatic N) is 3. The van der Waals surface area contributed by atoms with Gasteiger partial charge in [0.25, 0.3) is 0 Å². The van der Waals surface area contributed by atoms with Crippen LogP contribution in [0.1, 0.15) is 26.0 Å². The number of rotatable bonds is 7. The molecule has 4 rings (SSSR count). The monoisotopic (exact) mass is 391 g/mol. The van der Waals surface area contributed by atoms with Gasteiger partial charge >= 0.3 is 0 Å². The lowest BCUT2D eigenvalue weighted by Crippen LogP contribution is -2.10. The van der Waals surface area contributed by atoms with Crippen molar-refractivity contribution in [2.24, 2.45) is 5.73 Å². The molecule has 4 aromatic rings. The fraction of sp³-hybridized carbons (Fsp3) is 0.238. The van der Waals surface area contributed by atoms with Gasteiger partial charge in [0.2, 0.25) is 5.91 Å². The first-order chi connectivity index (χ1) is 14.0. The van der Waals surface area contributed by atoms with Crippen LogP contribution in [-0.2, 0) is 11.2 Å².